The number of nitrogens with zero attached hydrogens (tertiary/aromatic N) is 1. The number of hydrogen-bond donors (Lipinski definition) is 2. The molecule has 0 bridgehead atoms. The Morgan fingerprint density at radius 2 is 2.47 bits per heavy atom. The van der Waals surface area contributed by atoms with E-state index in [1.807, 2.05) is 6.92 Å². The molecule has 1 aromatic rings. The summed E-state index contributed by atoms with van der Waals surface area (Å²) < 4.78 is 0. The number of carbonyl (C=O) groups is 1. The van der Waals surface area contributed by atoms with Gasteiger partial charge in [-0.3, -0.25) is 4.79 Å². The van der Waals surface area contributed by atoms with Crippen LogP contribution in [-0.2, 0) is 0 Å². The van der Waals surface area contributed by atoms with Crippen LogP contribution in [0.4, 0.5) is 0 Å². The largest absolute Gasteiger partial charge is 0.347 e. The summed E-state index contributed by atoms with van der Waals surface area (Å²) in [5.74, 6) is -0.0566. The first-order valence-corrected chi connectivity index (χ1v) is 5.98. The Bertz CT molecular complexity index is 324. The standard InChI is InChI=1S/C10H17N3OS/c1-3-4-8(5-11)13-10(14)9-7(2)12-6-15-9/h6,8H,3-5,11H2,1-2H3,(H,13,14). The van der Waals surface area contributed by atoms with Crippen LogP contribution in [0.2, 0.25) is 0 Å². The van der Waals surface area contributed by atoms with E-state index in [0.717, 1.165) is 18.5 Å². The van der Waals surface area contributed by atoms with Crippen LogP contribution in [-0.4, -0.2) is 23.5 Å². The van der Waals surface area contributed by atoms with E-state index in [1.165, 1.54) is 11.3 Å². The van der Waals surface area contributed by atoms with Crippen molar-refractivity contribution in [2.75, 3.05) is 6.54 Å². The fourth-order valence-electron chi connectivity index (χ4n) is 1.37. The molecule has 0 aliphatic heterocycles. The molecule has 1 rings (SSSR count). The van der Waals surface area contributed by atoms with E-state index in [4.69, 9.17) is 5.73 Å². The Morgan fingerprint density at radius 3 is 2.93 bits per heavy atom. The summed E-state index contributed by atoms with van der Waals surface area (Å²) in [6.07, 6.45) is 1.93. The van der Waals surface area contributed by atoms with Gasteiger partial charge in [0.05, 0.1) is 11.2 Å². The lowest BCUT2D eigenvalue weighted by Crippen LogP contribution is -2.40. The van der Waals surface area contributed by atoms with Crippen molar-refractivity contribution in [1.29, 1.82) is 0 Å². The highest BCUT2D eigenvalue weighted by Gasteiger charge is 2.15. The number of thiazole rings is 1. The first-order chi connectivity index (χ1) is 7.19. The van der Waals surface area contributed by atoms with Gasteiger partial charge in [0.2, 0.25) is 0 Å². The molecule has 0 radical (unpaired) electrons. The maximum absolute atomic E-state index is 11.8. The van der Waals surface area contributed by atoms with Crippen molar-refractivity contribution < 1.29 is 4.79 Å². The molecule has 1 amide bonds. The van der Waals surface area contributed by atoms with Gasteiger partial charge in [0.25, 0.3) is 5.91 Å². The molecule has 0 saturated heterocycles. The Balaban J connectivity index is 2.58. The summed E-state index contributed by atoms with van der Waals surface area (Å²) in [4.78, 5) is 16.5. The van der Waals surface area contributed by atoms with Crippen LogP contribution >= 0.6 is 11.3 Å². The van der Waals surface area contributed by atoms with Gasteiger partial charge in [0, 0.05) is 12.6 Å². The molecular weight excluding hydrogens is 210 g/mol. The summed E-state index contributed by atoms with van der Waals surface area (Å²) >= 11 is 1.36. The lowest BCUT2D eigenvalue weighted by atomic mass is 10.1. The molecular formula is C10H17N3OS. The van der Waals surface area contributed by atoms with Crippen LogP contribution in [0, 0.1) is 6.92 Å². The molecule has 0 spiro atoms. The number of hydrogen-bond acceptors (Lipinski definition) is 4. The zero-order valence-corrected chi connectivity index (χ0v) is 9.93. The third-order valence-corrected chi connectivity index (χ3v) is 3.14. The molecule has 0 aliphatic carbocycles. The summed E-state index contributed by atoms with van der Waals surface area (Å²) in [7, 11) is 0. The smallest absolute Gasteiger partial charge is 0.263 e. The van der Waals surface area contributed by atoms with Gasteiger partial charge in [0.15, 0.2) is 0 Å². The van der Waals surface area contributed by atoms with Gasteiger partial charge in [-0.05, 0) is 13.3 Å². The molecule has 5 heteroatoms. The quantitative estimate of drug-likeness (QED) is 0.797. The predicted molar refractivity (Wildman–Crippen MR) is 62.1 cm³/mol. The highest BCUT2D eigenvalue weighted by molar-refractivity contribution is 7.11. The average Bonchev–Trinajstić information content (AvgIpc) is 2.63. The van der Waals surface area contributed by atoms with E-state index >= 15 is 0 Å². The number of carbonyl (C=O) groups excluding carboxylic acids is 1. The van der Waals surface area contributed by atoms with Crippen LogP contribution in [0.1, 0.15) is 35.1 Å². The minimum atomic E-state index is -0.0566. The fourth-order valence-corrected chi connectivity index (χ4v) is 2.07. The summed E-state index contributed by atoms with van der Waals surface area (Å²) in [6, 6.07) is 0.0731. The molecule has 1 aromatic heterocycles. The van der Waals surface area contributed by atoms with Crippen molar-refractivity contribution in [2.45, 2.75) is 32.7 Å². The van der Waals surface area contributed by atoms with Crippen molar-refractivity contribution in [3.05, 3.63) is 16.1 Å². The topological polar surface area (TPSA) is 68.0 Å². The molecule has 0 aliphatic rings. The Labute approximate surface area is 93.9 Å². The van der Waals surface area contributed by atoms with Gasteiger partial charge in [-0.15, -0.1) is 11.3 Å². The third-order valence-electron chi connectivity index (χ3n) is 2.21. The number of amides is 1. The van der Waals surface area contributed by atoms with Gasteiger partial charge in [-0.1, -0.05) is 13.3 Å². The van der Waals surface area contributed by atoms with Crippen molar-refractivity contribution in [2.24, 2.45) is 5.73 Å². The molecule has 1 unspecified atom stereocenters. The number of nitrogens with two attached hydrogens (primary N) is 1. The summed E-state index contributed by atoms with van der Waals surface area (Å²) in [5, 5.41) is 2.92. The van der Waals surface area contributed by atoms with Gasteiger partial charge < -0.3 is 11.1 Å². The van der Waals surface area contributed by atoms with Crippen molar-refractivity contribution >= 4 is 17.2 Å². The Hall–Kier alpha value is -0.940. The van der Waals surface area contributed by atoms with E-state index in [-0.39, 0.29) is 11.9 Å². The van der Waals surface area contributed by atoms with Gasteiger partial charge in [0.1, 0.15) is 4.88 Å². The van der Waals surface area contributed by atoms with Gasteiger partial charge in [-0.25, -0.2) is 4.98 Å². The van der Waals surface area contributed by atoms with E-state index < -0.39 is 0 Å². The van der Waals surface area contributed by atoms with Crippen LogP contribution in [0.3, 0.4) is 0 Å². The minimum Gasteiger partial charge on any atom is -0.347 e. The van der Waals surface area contributed by atoms with Crippen molar-refractivity contribution in [3.63, 3.8) is 0 Å². The zero-order valence-electron chi connectivity index (χ0n) is 9.12. The monoisotopic (exact) mass is 227 g/mol. The molecule has 15 heavy (non-hydrogen) atoms. The van der Waals surface area contributed by atoms with Crippen LogP contribution in [0.15, 0.2) is 5.51 Å². The first-order valence-electron chi connectivity index (χ1n) is 5.10. The average molecular weight is 227 g/mol. The van der Waals surface area contributed by atoms with E-state index in [1.54, 1.807) is 5.51 Å². The molecule has 1 atom stereocenters. The minimum absolute atomic E-state index is 0.0566. The molecule has 84 valence electrons. The van der Waals surface area contributed by atoms with Crippen LogP contribution < -0.4 is 11.1 Å². The van der Waals surface area contributed by atoms with Crippen LogP contribution in [0.25, 0.3) is 0 Å². The van der Waals surface area contributed by atoms with Crippen LogP contribution in [0.5, 0.6) is 0 Å². The number of aromatic nitrogens is 1. The molecule has 3 N–H and O–H groups in total. The first kappa shape index (κ1) is 12.1. The Kier molecular flexibility index (Phi) is 4.71. The second kappa shape index (κ2) is 5.82. The van der Waals surface area contributed by atoms with Gasteiger partial charge >= 0.3 is 0 Å². The number of nitrogens with one attached hydrogen (secondary N) is 1. The highest BCUT2D eigenvalue weighted by atomic mass is 32.1. The normalized spacial score (nSPS) is 12.5. The van der Waals surface area contributed by atoms with E-state index in [9.17, 15) is 4.79 Å². The molecule has 0 saturated carbocycles. The number of rotatable bonds is 5. The van der Waals surface area contributed by atoms with Crippen molar-refractivity contribution in [3.8, 4) is 0 Å². The third kappa shape index (κ3) is 3.28. The van der Waals surface area contributed by atoms with E-state index in [2.05, 4.69) is 17.2 Å². The second-order valence-electron chi connectivity index (χ2n) is 3.46. The Morgan fingerprint density at radius 1 is 1.73 bits per heavy atom. The fraction of sp³-hybridized carbons (Fsp3) is 0.600. The molecule has 1 heterocycles. The lowest BCUT2D eigenvalue weighted by molar-refractivity contribution is 0.0939. The second-order valence-corrected chi connectivity index (χ2v) is 4.32. The summed E-state index contributed by atoms with van der Waals surface area (Å²) in [5.41, 5.74) is 8.04. The highest BCUT2D eigenvalue weighted by Crippen LogP contribution is 2.12. The lowest BCUT2D eigenvalue weighted by Gasteiger charge is -2.15. The SMILES string of the molecule is CCCC(CN)NC(=O)c1scnc1C. The maximum atomic E-state index is 11.8. The van der Waals surface area contributed by atoms with Crippen molar-refractivity contribution in [1.82, 2.24) is 10.3 Å². The summed E-state index contributed by atoms with van der Waals surface area (Å²) in [6.45, 7) is 4.40. The maximum Gasteiger partial charge on any atom is 0.263 e. The van der Waals surface area contributed by atoms with E-state index in [0.29, 0.717) is 11.4 Å². The predicted octanol–water partition coefficient (Wildman–Crippen LogP) is 1.31. The molecule has 0 aromatic carbocycles. The molecule has 0 fully saturated rings. The van der Waals surface area contributed by atoms with Gasteiger partial charge in [-0.2, -0.15) is 0 Å². The zero-order chi connectivity index (χ0) is 11.3. The number of aryl methyl sites for hydroxylation is 1. The molecule has 4 nitrogen and oxygen atoms in total.